The van der Waals surface area contributed by atoms with Crippen molar-refractivity contribution in [2.45, 2.75) is 29.8 Å². The summed E-state index contributed by atoms with van der Waals surface area (Å²) in [4.78, 5) is 0.852. The topological polar surface area (TPSA) is 12.0 Å². The first kappa shape index (κ1) is 8.74. The fraction of sp³-hybridized carbons (Fsp3) is 0.455. The molecule has 0 saturated heterocycles. The van der Waals surface area contributed by atoms with Crippen molar-refractivity contribution < 1.29 is 4.39 Å². The van der Waals surface area contributed by atoms with Crippen molar-refractivity contribution in [3.63, 3.8) is 0 Å². The Balaban J connectivity index is 1.89. The van der Waals surface area contributed by atoms with Gasteiger partial charge in [0, 0.05) is 22.7 Å². The van der Waals surface area contributed by atoms with E-state index >= 15 is 0 Å². The Kier molecular flexibility index (Phi) is 2.03. The predicted octanol–water partition coefficient (Wildman–Crippen LogP) is 2.72. The Labute approximate surface area is 87.1 Å². The van der Waals surface area contributed by atoms with Gasteiger partial charge in [0.25, 0.3) is 0 Å². The quantitative estimate of drug-likeness (QED) is 0.803. The largest absolute Gasteiger partial charge is 0.306 e. The fourth-order valence-electron chi connectivity index (χ4n) is 1.88. The minimum atomic E-state index is -0.0624. The van der Waals surface area contributed by atoms with Gasteiger partial charge in [0.1, 0.15) is 5.82 Å². The lowest BCUT2D eigenvalue weighted by Gasteiger charge is -2.11. The van der Waals surface area contributed by atoms with Gasteiger partial charge in [-0.05, 0) is 24.5 Å². The molecule has 1 fully saturated rings. The maximum atomic E-state index is 13.4. The van der Waals surface area contributed by atoms with Crippen molar-refractivity contribution in [3.05, 3.63) is 29.6 Å². The lowest BCUT2D eigenvalue weighted by Crippen LogP contribution is -2.23. The molecule has 2 aliphatic rings. The summed E-state index contributed by atoms with van der Waals surface area (Å²) in [5.74, 6) is 0.917. The second-order valence-electron chi connectivity index (χ2n) is 3.96. The molecule has 1 unspecified atom stereocenters. The van der Waals surface area contributed by atoms with Crippen LogP contribution in [0.2, 0.25) is 0 Å². The summed E-state index contributed by atoms with van der Waals surface area (Å²) >= 11 is 1.63. The van der Waals surface area contributed by atoms with Gasteiger partial charge in [-0.1, -0.05) is 12.1 Å². The highest BCUT2D eigenvalue weighted by atomic mass is 32.2. The third-order valence-corrected chi connectivity index (χ3v) is 4.00. The number of hydrogen-bond donors (Lipinski definition) is 1. The van der Waals surface area contributed by atoms with Gasteiger partial charge in [0.15, 0.2) is 0 Å². The third-order valence-electron chi connectivity index (χ3n) is 2.78. The number of halogens is 1. The molecule has 74 valence electrons. The zero-order valence-electron chi connectivity index (χ0n) is 7.79. The maximum absolute atomic E-state index is 13.4. The molecule has 0 aromatic heterocycles. The van der Waals surface area contributed by atoms with E-state index in [-0.39, 0.29) is 5.82 Å². The van der Waals surface area contributed by atoms with E-state index in [1.165, 1.54) is 12.8 Å². The Morgan fingerprint density at radius 3 is 3.00 bits per heavy atom. The van der Waals surface area contributed by atoms with Crippen molar-refractivity contribution in [2.24, 2.45) is 0 Å². The van der Waals surface area contributed by atoms with Crippen molar-refractivity contribution in [1.82, 2.24) is 5.32 Å². The van der Waals surface area contributed by atoms with Crippen LogP contribution in [-0.2, 0) is 0 Å². The Bertz CT molecular complexity index is 362. The van der Waals surface area contributed by atoms with Crippen LogP contribution in [0.15, 0.2) is 23.1 Å². The Morgan fingerprint density at radius 1 is 1.36 bits per heavy atom. The van der Waals surface area contributed by atoms with Crippen LogP contribution in [0.3, 0.4) is 0 Å². The van der Waals surface area contributed by atoms with Crippen LogP contribution in [0.25, 0.3) is 0 Å². The highest BCUT2D eigenvalue weighted by molar-refractivity contribution is 7.99. The van der Waals surface area contributed by atoms with Gasteiger partial charge in [-0.25, -0.2) is 4.39 Å². The molecule has 1 N–H and O–H groups in total. The summed E-state index contributed by atoms with van der Waals surface area (Å²) in [5, 5.41) is 3.55. The summed E-state index contributed by atoms with van der Waals surface area (Å²) in [5.41, 5.74) is 1.15. The molecule has 1 aromatic carbocycles. The van der Waals surface area contributed by atoms with Crippen molar-refractivity contribution >= 4 is 11.8 Å². The first-order valence-electron chi connectivity index (χ1n) is 5.02. The molecule has 1 atom stereocenters. The van der Waals surface area contributed by atoms with E-state index < -0.39 is 0 Å². The van der Waals surface area contributed by atoms with Gasteiger partial charge in [-0.3, -0.25) is 0 Å². The molecule has 1 aliphatic carbocycles. The fourth-order valence-corrected chi connectivity index (χ4v) is 3.07. The van der Waals surface area contributed by atoms with E-state index in [0.29, 0.717) is 12.1 Å². The van der Waals surface area contributed by atoms with Crippen molar-refractivity contribution in [1.29, 1.82) is 0 Å². The summed E-state index contributed by atoms with van der Waals surface area (Å²) in [6, 6.07) is 6.46. The van der Waals surface area contributed by atoms with E-state index in [1.54, 1.807) is 17.8 Å². The molecule has 1 nitrogen and oxygen atoms in total. The lowest BCUT2D eigenvalue weighted by atomic mass is 10.1. The van der Waals surface area contributed by atoms with Gasteiger partial charge in [-0.2, -0.15) is 0 Å². The standard InChI is InChI=1S/C11H12FNS/c12-9-3-1-2-8-10(6-14-11(8)9)13-7-4-5-7/h1-3,7,10,13H,4-6H2. The smallest absolute Gasteiger partial charge is 0.137 e. The van der Waals surface area contributed by atoms with Gasteiger partial charge in [0.05, 0.1) is 0 Å². The first-order chi connectivity index (χ1) is 6.84. The number of hydrogen-bond acceptors (Lipinski definition) is 2. The molecule has 3 heteroatoms. The third kappa shape index (κ3) is 1.44. The first-order valence-corrected chi connectivity index (χ1v) is 6.00. The minimum Gasteiger partial charge on any atom is -0.306 e. The molecular weight excluding hydrogens is 197 g/mol. The summed E-state index contributed by atoms with van der Waals surface area (Å²) in [7, 11) is 0. The number of rotatable bonds is 2. The van der Waals surface area contributed by atoms with E-state index in [2.05, 4.69) is 5.32 Å². The number of nitrogens with one attached hydrogen (secondary N) is 1. The highest BCUT2D eigenvalue weighted by Gasteiger charge is 2.30. The molecule has 3 rings (SSSR count). The highest BCUT2D eigenvalue weighted by Crippen LogP contribution is 2.41. The maximum Gasteiger partial charge on any atom is 0.137 e. The van der Waals surface area contributed by atoms with Crippen LogP contribution in [0.1, 0.15) is 24.4 Å². The normalized spacial score (nSPS) is 25.1. The molecular formula is C11H12FNS. The summed E-state index contributed by atoms with van der Waals surface area (Å²) in [6.07, 6.45) is 2.57. The van der Waals surface area contributed by atoms with E-state index in [4.69, 9.17) is 0 Å². The van der Waals surface area contributed by atoms with Crippen molar-refractivity contribution in [3.8, 4) is 0 Å². The molecule has 0 spiro atoms. The second-order valence-corrected chi connectivity index (χ2v) is 4.99. The summed E-state index contributed by atoms with van der Waals surface area (Å²) < 4.78 is 13.4. The van der Waals surface area contributed by atoms with Crippen LogP contribution < -0.4 is 5.32 Å². The van der Waals surface area contributed by atoms with Crippen LogP contribution in [0.4, 0.5) is 4.39 Å². The zero-order valence-corrected chi connectivity index (χ0v) is 8.61. The molecule has 1 saturated carbocycles. The van der Waals surface area contributed by atoms with Gasteiger partial charge >= 0.3 is 0 Å². The SMILES string of the molecule is Fc1cccc2c1SCC2NC1CC1. The van der Waals surface area contributed by atoms with Crippen LogP contribution >= 0.6 is 11.8 Å². The van der Waals surface area contributed by atoms with E-state index in [0.717, 1.165) is 16.2 Å². The van der Waals surface area contributed by atoms with Crippen LogP contribution in [-0.4, -0.2) is 11.8 Å². The van der Waals surface area contributed by atoms with Crippen molar-refractivity contribution in [2.75, 3.05) is 5.75 Å². The molecule has 14 heavy (non-hydrogen) atoms. The van der Waals surface area contributed by atoms with Gasteiger partial charge in [0.2, 0.25) is 0 Å². The number of benzene rings is 1. The molecule has 0 bridgehead atoms. The molecule has 1 aliphatic heterocycles. The number of thioether (sulfide) groups is 1. The molecule has 0 radical (unpaired) electrons. The Morgan fingerprint density at radius 2 is 2.21 bits per heavy atom. The Hall–Kier alpha value is -0.540. The molecule has 1 aromatic rings. The monoisotopic (exact) mass is 209 g/mol. The lowest BCUT2D eigenvalue weighted by molar-refractivity contribution is 0.560. The summed E-state index contributed by atoms with van der Waals surface area (Å²) in [6.45, 7) is 0. The van der Waals surface area contributed by atoms with Gasteiger partial charge < -0.3 is 5.32 Å². The average molecular weight is 209 g/mol. The van der Waals surface area contributed by atoms with Gasteiger partial charge in [-0.15, -0.1) is 11.8 Å². The second kappa shape index (κ2) is 3.24. The molecule has 1 heterocycles. The number of fused-ring (bicyclic) bond motifs is 1. The zero-order chi connectivity index (χ0) is 9.54. The van der Waals surface area contributed by atoms with Crippen LogP contribution in [0, 0.1) is 5.82 Å². The predicted molar refractivity (Wildman–Crippen MR) is 56.0 cm³/mol. The van der Waals surface area contributed by atoms with Crippen LogP contribution in [0.5, 0.6) is 0 Å². The van der Waals surface area contributed by atoms with E-state index in [1.807, 2.05) is 12.1 Å². The average Bonchev–Trinajstić information content (AvgIpc) is 2.88. The minimum absolute atomic E-state index is 0.0624. The van der Waals surface area contributed by atoms with E-state index in [9.17, 15) is 4.39 Å². The molecule has 0 amide bonds.